The molecule has 0 bridgehead atoms. The van der Waals surface area contributed by atoms with Crippen LogP contribution in [0.2, 0.25) is 18.1 Å². The van der Waals surface area contributed by atoms with Gasteiger partial charge in [-0.05, 0) is 43.3 Å². The molecular formula is C28H32F3N5O4Si. The summed E-state index contributed by atoms with van der Waals surface area (Å²) >= 11 is 0. The minimum absolute atomic E-state index is 0.114. The molecule has 0 fully saturated rings. The van der Waals surface area contributed by atoms with Gasteiger partial charge in [0.2, 0.25) is 0 Å². The molecule has 0 spiro atoms. The number of aromatic nitrogens is 5. The number of ether oxygens (including phenoxy) is 1. The number of hydrogen-bond acceptors (Lipinski definition) is 8. The molecule has 4 aromatic rings. The minimum Gasteiger partial charge on any atom is -0.465 e. The molecule has 3 heterocycles. The Hall–Kier alpha value is -3.84. The first kappa shape index (κ1) is 30.1. The van der Waals surface area contributed by atoms with Gasteiger partial charge in [0.05, 0.1) is 48.3 Å². The molecule has 0 saturated heterocycles. The van der Waals surface area contributed by atoms with Gasteiger partial charge in [0.25, 0.3) is 0 Å². The number of halogens is 3. The average Bonchev–Trinajstić information content (AvgIpc) is 3.52. The summed E-state index contributed by atoms with van der Waals surface area (Å²) < 4.78 is 61.5. The number of esters is 1. The molecule has 0 N–H and O–H groups in total. The molecule has 9 nitrogen and oxygen atoms in total. The third-order valence-corrected chi connectivity index (χ3v) is 11.8. The van der Waals surface area contributed by atoms with Crippen molar-refractivity contribution in [2.45, 2.75) is 64.7 Å². The Morgan fingerprint density at radius 3 is 2.51 bits per heavy atom. The van der Waals surface area contributed by atoms with Gasteiger partial charge in [-0.1, -0.05) is 38.1 Å². The molecule has 0 aliphatic rings. The lowest BCUT2D eigenvalue weighted by molar-refractivity contribution is -0.144. The van der Waals surface area contributed by atoms with E-state index in [1.165, 1.54) is 31.8 Å². The van der Waals surface area contributed by atoms with Gasteiger partial charge in [0.1, 0.15) is 12.0 Å². The maximum atomic E-state index is 14.6. The minimum atomic E-state index is -4.77. The van der Waals surface area contributed by atoms with Crippen LogP contribution in [0.4, 0.5) is 13.2 Å². The average molecular weight is 588 g/mol. The van der Waals surface area contributed by atoms with Crippen LogP contribution in [0.15, 0.2) is 53.6 Å². The van der Waals surface area contributed by atoms with E-state index < -0.39 is 32.3 Å². The lowest BCUT2D eigenvalue weighted by Crippen LogP contribution is -2.44. The van der Waals surface area contributed by atoms with E-state index in [1.807, 2.05) is 13.1 Å². The van der Waals surface area contributed by atoms with Crippen molar-refractivity contribution in [3.63, 3.8) is 0 Å². The second kappa shape index (κ2) is 11.2. The fraction of sp³-hybridized carbons (Fsp3) is 0.393. The largest absolute Gasteiger partial charge is 0.465 e. The van der Waals surface area contributed by atoms with E-state index in [2.05, 4.69) is 41.0 Å². The summed E-state index contributed by atoms with van der Waals surface area (Å²) in [5.74, 6) is -0.743. The van der Waals surface area contributed by atoms with Gasteiger partial charge in [0, 0.05) is 11.8 Å². The van der Waals surface area contributed by atoms with Crippen molar-refractivity contribution in [2.24, 2.45) is 0 Å². The van der Waals surface area contributed by atoms with E-state index in [9.17, 15) is 18.0 Å². The number of hydrogen-bond donors (Lipinski definition) is 0. The van der Waals surface area contributed by atoms with Crippen LogP contribution in [-0.4, -0.2) is 52.4 Å². The molecule has 41 heavy (non-hydrogen) atoms. The lowest BCUT2D eigenvalue weighted by Gasteiger charge is -2.38. The first-order chi connectivity index (χ1) is 19.1. The molecule has 13 heteroatoms. The molecule has 0 aliphatic heterocycles. The van der Waals surface area contributed by atoms with Gasteiger partial charge in [-0.2, -0.15) is 18.3 Å². The lowest BCUT2D eigenvalue weighted by atomic mass is 9.98. The van der Waals surface area contributed by atoms with Gasteiger partial charge >= 0.3 is 12.1 Å². The Balaban J connectivity index is 1.84. The number of nitrogens with zero attached hydrogens (tertiary/aromatic N) is 5. The molecular weight excluding hydrogens is 555 g/mol. The number of benzene rings is 1. The first-order valence-corrected chi connectivity index (χ1v) is 15.8. The van der Waals surface area contributed by atoms with Crippen LogP contribution >= 0.6 is 0 Å². The zero-order valence-corrected chi connectivity index (χ0v) is 24.9. The van der Waals surface area contributed by atoms with Crippen LogP contribution in [-0.2, 0) is 21.9 Å². The van der Waals surface area contributed by atoms with Gasteiger partial charge in [-0.3, -0.25) is 4.68 Å². The summed E-state index contributed by atoms with van der Waals surface area (Å²) in [6.45, 7) is 11.9. The van der Waals surface area contributed by atoms with Crippen LogP contribution in [0, 0.1) is 0 Å². The SMILES string of the molecule is COC(=O)c1cccc(-c2noc(-c3cnn(CC(C)O[Si](C)(C)C(C)(C)C)c3C(F)(F)F)c2-c2ccncn2)c1. The standard InChI is InChI=1S/C28H32F3N5O4Si/c1-17(40-41(6,7)27(2,3)4)15-36-25(28(29,30)31)20(14-34-36)24-22(21-11-12-32-16-33-21)23(35-39-24)18-9-8-10-19(13-18)26(37)38-5/h8-14,16-17H,15H2,1-7H3. The molecule has 0 aliphatic carbocycles. The van der Waals surface area contributed by atoms with Gasteiger partial charge < -0.3 is 13.7 Å². The molecule has 0 amide bonds. The zero-order valence-electron chi connectivity index (χ0n) is 23.9. The summed E-state index contributed by atoms with van der Waals surface area (Å²) in [5, 5.41) is 8.12. The van der Waals surface area contributed by atoms with Crippen molar-refractivity contribution in [3.8, 4) is 33.8 Å². The molecule has 0 radical (unpaired) electrons. The van der Waals surface area contributed by atoms with Crippen LogP contribution in [0.5, 0.6) is 0 Å². The van der Waals surface area contributed by atoms with Crippen molar-refractivity contribution in [1.29, 1.82) is 0 Å². The van der Waals surface area contributed by atoms with E-state index >= 15 is 0 Å². The van der Waals surface area contributed by atoms with Crippen molar-refractivity contribution in [3.05, 3.63) is 60.3 Å². The summed E-state index contributed by atoms with van der Waals surface area (Å²) in [4.78, 5) is 20.3. The highest BCUT2D eigenvalue weighted by Gasteiger charge is 2.42. The van der Waals surface area contributed by atoms with E-state index in [0.717, 1.165) is 10.9 Å². The molecule has 4 rings (SSSR count). The number of carbonyl (C=O) groups is 1. The maximum absolute atomic E-state index is 14.6. The molecule has 3 aromatic heterocycles. The van der Waals surface area contributed by atoms with E-state index in [-0.39, 0.29) is 45.4 Å². The van der Waals surface area contributed by atoms with Crippen molar-refractivity contribution >= 4 is 14.3 Å². The highest BCUT2D eigenvalue weighted by Crippen LogP contribution is 2.44. The smallest absolute Gasteiger partial charge is 0.433 e. The van der Waals surface area contributed by atoms with Crippen LogP contribution in [0.1, 0.15) is 43.7 Å². The van der Waals surface area contributed by atoms with Crippen molar-refractivity contribution in [1.82, 2.24) is 24.9 Å². The third kappa shape index (κ3) is 6.25. The zero-order chi connectivity index (χ0) is 30.2. The third-order valence-electron chi connectivity index (χ3n) is 7.17. The molecule has 1 aromatic carbocycles. The molecule has 218 valence electrons. The Kier molecular flexibility index (Phi) is 8.23. The van der Waals surface area contributed by atoms with Gasteiger partial charge in [0.15, 0.2) is 19.8 Å². The molecule has 1 unspecified atom stereocenters. The molecule has 0 saturated carbocycles. The van der Waals surface area contributed by atoms with Crippen LogP contribution in [0.3, 0.4) is 0 Å². The van der Waals surface area contributed by atoms with Gasteiger partial charge in [-0.15, -0.1) is 0 Å². The summed E-state index contributed by atoms with van der Waals surface area (Å²) in [5.41, 5.74) is 0.0461. The van der Waals surface area contributed by atoms with Crippen LogP contribution < -0.4 is 0 Å². The van der Waals surface area contributed by atoms with Crippen molar-refractivity contribution < 1.29 is 31.7 Å². The highest BCUT2D eigenvalue weighted by molar-refractivity contribution is 6.74. The normalized spacial score (nSPS) is 13.3. The highest BCUT2D eigenvalue weighted by atomic mass is 28.4. The van der Waals surface area contributed by atoms with E-state index in [4.69, 9.17) is 13.7 Å². The molecule has 1 atom stereocenters. The first-order valence-electron chi connectivity index (χ1n) is 12.9. The van der Waals surface area contributed by atoms with E-state index in [0.29, 0.717) is 5.56 Å². The van der Waals surface area contributed by atoms with Crippen molar-refractivity contribution in [2.75, 3.05) is 7.11 Å². The Bertz CT molecular complexity index is 1530. The second-order valence-corrected chi connectivity index (χ2v) is 15.9. The quantitative estimate of drug-likeness (QED) is 0.162. The predicted octanol–water partition coefficient (Wildman–Crippen LogP) is 6.88. The summed E-state index contributed by atoms with van der Waals surface area (Å²) in [7, 11) is -0.989. The fourth-order valence-corrected chi connectivity index (χ4v) is 5.64. The number of carbonyl (C=O) groups excluding carboxylic acids is 1. The predicted molar refractivity (Wildman–Crippen MR) is 148 cm³/mol. The van der Waals surface area contributed by atoms with Crippen LogP contribution in [0.25, 0.3) is 33.8 Å². The fourth-order valence-electron chi connectivity index (χ4n) is 4.21. The Labute approximate surface area is 236 Å². The number of alkyl halides is 3. The Morgan fingerprint density at radius 1 is 1.17 bits per heavy atom. The second-order valence-electron chi connectivity index (χ2n) is 11.2. The Morgan fingerprint density at radius 2 is 1.90 bits per heavy atom. The monoisotopic (exact) mass is 587 g/mol. The van der Waals surface area contributed by atoms with E-state index in [1.54, 1.807) is 25.1 Å². The topological polar surface area (TPSA) is 105 Å². The number of rotatable bonds is 8. The summed E-state index contributed by atoms with van der Waals surface area (Å²) in [6.07, 6.45) is -1.46. The summed E-state index contributed by atoms with van der Waals surface area (Å²) in [6, 6.07) is 7.89. The number of methoxy groups -OCH3 is 1. The maximum Gasteiger partial charge on any atom is 0.433 e. The van der Waals surface area contributed by atoms with Gasteiger partial charge in [-0.25, -0.2) is 14.8 Å².